The Hall–Kier alpha value is -1.51. The normalized spacial score (nSPS) is 11.2. The molecule has 3 nitrogen and oxygen atoms in total. The number of nitrogens with one attached hydrogen (secondary N) is 1. The first-order valence-corrected chi connectivity index (χ1v) is 5.29. The molecule has 0 aromatic heterocycles. The van der Waals surface area contributed by atoms with Crippen LogP contribution in [0.15, 0.2) is 36.6 Å². The molecule has 0 aromatic carbocycles. The Morgan fingerprint density at radius 2 is 1.88 bits per heavy atom. The first-order chi connectivity index (χ1) is 7.24. The molecular formula is C13H21NO2. The lowest BCUT2D eigenvalue weighted by atomic mass is 10.2. The topological polar surface area (TPSA) is 38.3 Å². The van der Waals surface area contributed by atoms with E-state index in [1.807, 2.05) is 33.8 Å². The molecule has 16 heavy (non-hydrogen) atoms. The molecule has 0 atom stereocenters. The zero-order chi connectivity index (χ0) is 12.8. The molecule has 0 fully saturated rings. The largest absolute Gasteiger partial charge is 0.444 e. The van der Waals surface area contributed by atoms with Gasteiger partial charge in [-0.05, 0) is 33.3 Å². The predicted octanol–water partition coefficient (Wildman–Crippen LogP) is 3.55. The highest BCUT2D eigenvalue weighted by atomic mass is 16.6. The van der Waals surface area contributed by atoms with Gasteiger partial charge in [-0.15, -0.1) is 0 Å². The van der Waals surface area contributed by atoms with Crippen LogP contribution in [0.2, 0.25) is 0 Å². The van der Waals surface area contributed by atoms with E-state index in [2.05, 4.69) is 18.5 Å². The van der Waals surface area contributed by atoms with E-state index in [-0.39, 0.29) is 0 Å². The third-order valence-corrected chi connectivity index (χ3v) is 1.64. The molecule has 0 aliphatic heterocycles. The quantitative estimate of drug-likeness (QED) is 0.740. The maximum absolute atomic E-state index is 11.3. The van der Waals surface area contributed by atoms with Crippen molar-refractivity contribution >= 4 is 6.09 Å². The average molecular weight is 223 g/mol. The van der Waals surface area contributed by atoms with Crippen molar-refractivity contribution in [2.45, 2.75) is 39.7 Å². The van der Waals surface area contributed by atoms with Crippen LogP contribution in [0.1, 0.15) is 34.1 Å². The van der Waals surface area contributed by atoms with Crippen LogP contribution >= 0.6 is 0 Å². The summed E-state index contributed by atoms with van der Waals surface area (Å²) in [5.74, 6) is 0. The number of hydrogen-bond donors (Lipinski definition) is 1. The molecule has 0 heterocycles. The molecular weight excluding hydrogens is 202 g/mol. The minimum atomic E-state index is -0.499. The first-order valence-electron chi connectivity index (χ1n) is 5.29. The highest BCUT2D eigenvalue weighted by molar-refractivity contribution is 5.70. The number of amides is 1. The summed E-state index contributed by atoms with van der Waals surface area (Å²) in [5.41, 5.74) is 0.970. The molecule has 0 bridgehead atoms. The Morgan fingerprint density at radius 1 is 1.31 bits per heavy atom. The summed E-state index contributed by atoms with van der Waals surface area (Å²) in [5, 5.41) is 2.53. The SMILES string of the molecule is C=C(/C=C\C(=C)NC(=O)OC(C)(C)C)CC. The molecule has 0 unspecified atom stereocenters. The first kappa shape index (κ1) is 14.5. The molecule has 0 aliphatic carbocycles. The molecule has 0 saturated carbocycles. The van der Waals surface area contributed by atoms with E-state index in [4.69, 9.17) is 4.74 Å². The molecule has 90 valence electrons. The van der Waals surface area contributed by atoms with E-state index < -0.39 is 11.7 Å². The molecule has 1 amide bonds. The van der Waals surface area contributed by atoms with Gasteiger partial charge in [0.25, 0.3) is 0 Å². The van der Waals surface area contributed by atoms with Crippen LogP contribution in [0.4, 0.5) is 4.79 Å². The van der Waals surface area contributed by atoms with Gasteiger partial charge in [-0.3, -0.25) is 5.32 Å². The van der Waals surface area contributed by atoms with Crippen molar-refractivity contribution in [3.8, 4) is 0 Å². The minimum Gasteiger partial charge on any atom is -0.444 e. The lowest BCUT2D eigenvalue weighted by Gasteiger charge is -2.19. The molecule has 0 rings (SSSR count). The zero-order valence-corrected chi connectivity index (χ0v) is 10.6. The summed E-state index contributed by atoms with van der Waals surface area (Å²) in [6.45, 7) is 14.9. The van der Waals surface area contributed by atoms with Crippen molar-refractivity contribution in [1.29, 1.82) is 0 Å². The van der Waals surface area contributed by atoms with Crippen molar-refractivity contribution < 1.29 is 9.53 Å². The van der Waals surface area contributed by atoms with Gasteiger partial charge in [-0.1, -0.05) is 31.7 Å². The lowest BCUT2D eigenvalue weighted by molar-refractivity contribution is 0.0548. The van der Waals surface area contributed by atoms with Crippen molar-refractivity contribution in [2.75, 3.05) is 0 Å². The molecule has 1 N–H and O–H groups in total. The maximum Gasteiger partial charge on any atom is 0.412 e. The average Bonchev–Trinajstić information content (AvgIpc) is 2.10. The van der Waals surface area contributed by atoms with Gasteiger partial charge in [-0.2, -0.15) is 0 Å². The number of alkyl carbamates (subject to hydrolysis) is 1. The number of carbonyl (C=O) groups is 1. The fourth-order valence-electron chi connectivity index (χ4n) is 0.813. The van der Waals surface area contributed by atoms with Crippen molar-refractivity contribution in [3.63, 3.8) is 0 Å². The van der Waals surface area contributed by atoms with E-state index in [1.165, 1.54) is 0 Å². The molecule has 3 heteroatoms. The number of allylic oxidation sites excluding steroid dienone is 3. The van der Waals surface area contributed by atoms with Crippen LogP contribution in [0.5, 0.6) is 0 Å². The van der Waals surface area contributed by atoms with Crippen LogP contribution in [-0.2, 0) is 4.74 Å². The van der Waals surface area contributed by atoms with Crippen LogP contribution in [0.25, 0.3) is 0 Å². The van der Waals surface area contributed by atoms with Crippen molar-refractivity contribution in [2.24, 2.45) is 0 Å². The standard InChI is InChI=1S/C13H21NO2/c1-7-10(2)8-9-11(3)14-12(15)16-13(4,5)6/h8-9H,2-3,7H2,1,4-6H3,(H,14,15)/b9-8-. The van der Waals surface area contributed by atoms with Crippen molar-refractivity contribution in [1.82, 2.24) is 5.32 Å². The number of ether oxygens (including phenoxy) is 1. The molecule has 0 saturated heterocycles. The van der Waals surface area contributed by atoms with Crippen LogP contribution in [0.3, 0.4) is 0 Å². The predicted molar refractivity (Wildman–Crippen MR) is 67.1 cm³/mol. The van der Waals surface area contributed by atoms with Gasteiger partial charge in [0.05, 0.1) is 0 Å². The van der Waals surface area contributed by atoms with Crippen LogP contribution in [-0.4, -0.2) is 11.7 Å². The van der Waals surface area contributed by atoms with Crippen molar-refractivity contribution in [3.05, 3.63) is 36.6 Å². The van der Waals surface area contributed by atoms with Gasteiger partial charge in [0, 0.05) is 5.70 Å². The third kappa shape index (κ3) is 7.85. The number of carbonyl (C=O) groups excluding carboxylic acids is 1. The van der Waals surface area contributed by atoms with E-state index in [0.717, 1.165) is 12.0 Å². The maximum atomic E-state index is 11.3. The Bertz CT molecular complexity index is 308. The summed E-state index contributed by atoms with van der Waals surface area (Å²) < 4.78 is 5.07. The Labute approximate surface area is 97.9 Å². The second-order valence-electron chi connectivity index (χ2n) is 4.50. The Morgan fingerprint density at radius 3 is 2.31 bits per heavy atom. The Balaban J connectivity index is 4.11. The smallest absolute Gasteiger partial charge is 0.412 e. The monoisotopic (exact) mass is 223 g/mol. The molecule has 0 aliphatic rings. The lowest BCUT2D eigenvalue weighted by Crippen LogP contribution is -2.31. The summed E-state index contributed by atoms with van der Waals surface area (Å²) in [7, 11) is 0. The van der Waals surface area contributed by atoms with Gasteiger partial charge >= 0.3 is 6.09 Å². The number of rotatable bonds is 4. The second kappa shape index (κ2) is 6.16. The van der Waals surface area contributed by atoms with E-state index in [9.17, 15) is 4.79 Å². The summed E-state index contributed by atoms with van der Waals surface area (Å²) in [6, 6.07) is 0. The highest BCUT2D eigenvalue weighted by Crippen LogP contribution is 2.07. The summed E-state index contributed by atoms with van der Waals surface area (Å²) in [6.07, 6.45) is 3.90. The Kier molecular flexibility index (Phi) is 5.57. The minimum absolute atomic E-state index is 0.490. The van der Waals surface area contributed by atoms with Gasteiger partial charge in [0.1, 0.15) is 5.60 Å². The fourth-order valence-corrected chi connectivity index (χ4v) is 0.813. The van der Waals surface area contributed by atoms with Gasteiger partial charge in [0.2, 0.25) is 0 Å². The van der Waals surface area contributed by atoms with Gasteiger partial charge in [-0.25, -0.2) is 4.79 Å². The molecule has 0 aromatic rings. The summed E-state index contributed by atoms with van der Waals surface area (Å²) in [4.78, 5) is 11.3. The summed E-state index contributed by atoms with van der Waals surface area (Å²) >= 11 is 0. The van der Waals surface area contributed by atoms with Gasteiger partial charge < -0.3 is 4.74 Å². The zero-order valence-electron chi connectivity index (χ0n) is 10.6. The highest BCUT2D eigenvalue weighted by Gasteiger charge is 2.15. The van der Waals surface area contributed by atoms with E-state index in [0.29, 0.717) is 5.70 Å². The van der Waals surface area contributed by atoms with Crippen LogP contribution in [0, 0.1) is 0 Å². The van der Waals surface area contributed by atoms with Crippen LogP contribution < -0.4 is 5.32 Å². The molecule has 0 radical (unpaired) electrons. The van der Waals surface area contributed by atoms with E-state index >= 15 is 0 Å². The third-order valence-electron chi connectivity index (χ3n) is 1.64. The molecule has 0 spiro atoms. The van der Waals surface area contributed by atoms with Gasteiger partial charge in [0.15, 0.2) is 0 Å². The number of hydrogen-bond acceptors (Lipinski definition) is 2. The fraction of sp³-hybridized carbons (Fsp3) is 0.462. The van der Waals surface area contributed by atoms with E-state index in [1.54, 1.807) is 6.08 Å². The second-order valence-corrected chi connectivity index (χ2v) is 4.50.